The first-order valence-corrected chi connectivity index (χ1v) is 5.84. The number of pyridine rings is 2. The lowest BCUT2D eigenvalue weighted by atomic mass is 10.1. The van der Waals surface area contributed by atoms with Crippen LogP contribution in [-0.4, -0.2) is 25.4 Å². The molecule has 0 amide bonds. The molecule has 3 rings (SSSR count). The molecule has 0 aliphatic rings. The van der Waals surface area contributed by atoms with Crippen molar-refractivity contribution in [1.82, 2.24) is 14.4 Å². The highest BCUT2D eigenvalue weighted by Crippen LogP contribution is 2.24. The first-order valence-electron chi connectivity index (χ1n) is 5.84. The maximum absolute atomic E-state index is 11.0. The van der Waals surface area contributed by atoms with E-state index < -0.39 is 5.97 Å². The van der Waals surface area contributed by atoms with Crippen LogP contribution in [0.1, 0.15) is 5.69 Å². The van der Waals surface area contributed by atoms with Gasteiger partial charge in [0.05, 0.1) is 17.8 Å². The summed E-state index contributed by atoms with van der Waals surface area (Å²) >= 11 is 0. The molecule has 0 saturated carbocycles. The van der Waals surface area contributed by atoms with Crippen molar-refractivity contribution >= 4 is 11.6 Å². The SMILES string of the molecule is O=C(O)Cc1c(-c2ccncc2)nc2ccccn12. The van der Waals surface area contributed by atoms with Gasteiger partial charge in [0, 0.05) is 24.2 Å². The van der Waals surface area contributed by atoms with Gasteiger partial charge >= 0.3 is 5.97 Å². The van der Waals surface area contributed by atoms with Gasteiger partial charge < -0.3 is 9.51 Å². The summed E-state index contributed by atoms with van der Waals surface area (Å²) < 4.78 is 1.81. The molecule has 0 aliphatic carbocycles. The molecule has 0 radical (unpaired) electrons. The fourth-order valence-electron chi connectivity index (χ4n) is 2.10. The maximum Gasteiger partial charge on any atom is 0.309 e. The zero-order valence-electron chi connectivity index (χ0n) is 10.0. The monoisotopic (exact) mass is 253 g/mol. The molecular formula is C14H11N3O2. The van der Waals surface area contributed by atoms with Crippen molar-refractivity contribution < 1.29 is 9.90 Å². The van der Waals surface area contributed by atoms with E-state index in [9.17, 15) is 4.79 Å². The van der Waals surface area contributed by atoms with Gasteiger partial charge in [-0.25, -0.2) is 4.98 Å². The topological polar surface area (TPSA) is 67.5 Å². The number of imidazole rings is 1. The fraction of sp³-hybridized carbons (Fsp3) is 0.0714. The number of hydrogen-bond donors (Lipinski definition) is 1. The smallest absolute Gasteiger partial charge is 0.309 e. The quantitative estimate of drug-likeness (QED) is 0.775. The minimum absolute atomic E-state index is 0.0666. The first-order chi connectivity index (χ1) is 9.25. The lowest BCUT2D eigenvalue weighted by molar-refractivity contribution is -0.136. The minimum Gasteiger partial charge on any atom is -0.481 e. The highest BCUT2D eigenvalue weighted by atomic mass is 16.4. The van der Waals surface area contributed by atoms with Crippen LogP contribution in [0.3, 0.4) is 0 Å². The van der Waals surface area contributed by atoms with E-state index in [2.05, 4.69) is 9.97 Å². The Morgan fingerprint density at radius 2 is 2.00 bits per heavy atom. The molecule has 5 nitrogen and oxygen atoms in total. The third-order valence-corrected chi connectivity index (χ3v) is 2.90. The van der Waals surface area contributed by atoms with E-state index in [0.29, 0.717) is 11.4 Å². The molecule has 1 N–H and O–H groups in total. The Morgan fingerprint density at radius 3 is 2.74 bits per heavy atom. The summed E-state index contributed by atoms with van der Waals surface area (Å²) in [6.45, 7) is 0. The molecule has 0 aliphatic heterocycles. The number of aliphatic carboxylic acids is 1. The Kier molecular flexibility index (Phi) is 2.72. The third-order valence-electron chi connectivity index (χ3n) is 2.90. The number of rotatable bonds is 3. The molecule has 3 aromatic rings. The summed E-state index contributed by atoms with van der Waals surface area (Å²) in [6, 6.07) is 9.25. The number of nitrogens with zero attached hydrogens (tertiary/aromatic N) is 3. The molecule has 3 heterocycles. The molecule has 19 heavy (non-hydrogen) atoms. The predicted molar refractivity (Wildman–Crippen MR) is 69.8 cm³/mol. The molecule has 0 fully saturated rings. The van der Waals surface area contributed by atoms with Crippen LogP contribution in [-0.2, 0) is 11.2 Å². The minimum atomic E-state index is -0.874. The summed E-state index contributed by atoms with van der Waals surface area (Å²) in [5, 5.41) is 9.06. The molecule has 0 unspecified atom stereocenters. The van der Waals surface area contributed by atoms with E-state index in [0.717, 1.165) is 11.2 Å². The maximum atomic E-state index is 11.0. The normalized spacial score (nSPS) is 10.7. The summed E-state index contributed by atoms with van der Waals surface area (Å²) in [4.78, 5) is 19.5. The van der Waals surface area contributed by atoms with Crippen molar-refractivity contribution in [2.75, 3.05) is 0 Å². The Balaban J connectivity index is 2.26. The lowest BCUT2D eigenvalue weighted by Gasteiger charge is -2.02. The second kappa shape index (κ2) is 4.53. The first kappa shape index (κ1) is 11.4. The Bertz CT molecular complexity index is 735. The van der Waals surface area contributed by atoms with Crippen LogP contribution in [0.25, 0.3) is 16.9 Å². The number of carboxylic acids is 1. The van der Waals surface area contributed by atoms with Gasteiger partial charge in [-0.1, -0.05) is 6.07 Å². The number of carboxylic acid groups (broad SMARTS) is 1. The number of aromatic nitrogens is 3. The van der Waals surface area contributed by atoms with Crippen molar-refractivity contribution in [2.24, 2.45) is 0 Å². The molecular weight excluding hydrogens is 242 g/mol. The van der Waals surface area contributed by atoms with Gasteiger partial charge in [-0.05, 0) is 24.3 Å². The zero-order chi connectivity index (χ0) is 13.2. The van der Waals surface area contributed by atoms with Crippen molar-refractivity contribution in [3.05, 3.63) is 54.6 Å². The third kappa shape index (κ3) is 2.06. The molecule has 94 valence electrons. The van der Waals surface area contributed by atoms with Crippen LogP contribution in [0, 0.1) is 0 Å². The second-order valence-electron chi connectivity index (χ2n) is 4.14. The van der Waals surface area contributed by atoms with Gasteiger partial charge in [0.2, 0.25) is 0 Å². The van der Waals surface area contributed by atoms with Gasteiger partial charge in [0.15, 0.2) is 0 Å². The average Bonchev–Trinajstić information content (AvgIpc) is 2.78. The van der Waals surface area contributed by atoms with E-state index in [1.165, 1.54) is 0 Å². The summed E-state index contributed by atoms with van der Waals surface area (Å²) in [7, 11) is 0. The number of fused-ring (bicyclic) bond motifs is 1. The van der Waals surface area contributed by atoms with E-state index in [4.69, 9.17) is 5.11 Å². The highest BCUT2D eigenvalue weighted by Gasteiger charge is 2.15. The van der Waals surface area contributed by atoms with Crippen LogP contribution in [0.15, 0.2) is 48.9 Å². The lowest BCUT2D eigenvalue weighted by Crippen LogP contribution is -2.04. The molecule has 0 atom stereocenters. The highest BCUT2D eigenvalue weighted by molar-refractivity contribution is 5.75. The zero-order valence-corrected chi connectivity index (χ0v) is 10.0. The predicted octanol–water partition coefficient (Wildman–Crippen LogP) is 2.02. The fourth-order valence-corrected chi connectivity index (χ4v) is 2.10. The molecule has 0 bridgehead atoms. The standard InChI is InChI=1S/C14H11N3O2/c18-13(19)9-11-14(10-4-6-15-7-5-10)16-12-3-1-2-8-17(11)12/h1-8H,9H2,(H,18,19). The molecule has 0 aromatic carbocycles. The molecule has 5 heteroatoms. The van der Waals surface area contributed by atoms with E-state index in [-0.39, 0.29) is 6.42 Å². The van der Waals surface area contributed by atoms with Gasteiger partial charge in [0.25, 0.3) is 0 Å². The van der Waals surface area contributed by atoms with E-state index >= 15 is 0 Å². The van der Waals surface area contributed by atoms with Crippen molar-refractivity contribution in [2.45, 2.75) is 6.42 Å². The van der Waals surface area contributed by atoms with Gasteiger partial charge in [0.1, 0.15) is 5.65 Å². The molecule has 3 aromatic heterocycles. The van der Waals surface area contributed by atoms with Gasteiger partial charge in [-0.15, -0.1) is 0 Å². The summed E-state index contributed by atoms with van der Waals surface area (Å²) in [6.07, 6.45) is 5.10. The van der Waals surface area contributed by atoms with Gasteiger partial charge in [-0.2, -0.15) is 0 Å². The van der Waals surface area contributed by atoms with Gasteiger partial charge in [-0.3, -0.25) is 9.78 Å². The van der Waals surface area contributed by atoms with Crippen LogP contribution >= 0.6 is 0 Å². The number of hydrogen-bond acceptors (Lipinski definition) is 3. The van der Waals surface area contributed by atoms with Crippen LogP contribution < -0.4 is 0 Å². The van der Waals surface area contributed by atoms with E-state index in [1.807, 2.05) is 40.9 Å². The molecule has 0 spiro atoms. The number of carbonyl (C=O) groups is 1. The summed E-state index contributed by atoms with van der Waals surface area (Å²) in [5.74, 6) is -0.874. The van der Waals surface area contributed by atoms with Crippen LogP contribution in [0.2, 0.25) is 0 Å². The van der Waals surface area contributed by atoms with E-state index in [1.54, 1.807) is 12.4 Å². The summed E-state index contributed by atoms with van der Waals surface area (Å²) in [5.41, 5.74) is 2.98. The average molecular weight is 253 g/mol. The largest absolute Gasteiger partial charge is 0.481 e. The second-order valence-corrected chi connectivity index (χ2v) is 4.14. The Morgan fingerprint density at radius 1 is 1.21 bits per heavy atom. The Labute approximate surface area is 109 Å². The Hall–Kier alpha value is -2.69. The van der Waals surface area contributed by atoms with Crippen LogP contribution in [0.4, 0.5) is 0 Å². The van der Waals surface area contributed by atoms with Crippen molar-refractivity contribution in [1.29, 1.82) is 0 Å². The van der Waals surface area contributed by atoms with Crippen molar-refractivity contribution in [3.63, 3.8) is 0 Å². The van der Waals surface area contributed by atoms with Crippen molar-refractivity contribution in [3.8, 4) is 11.3 Å². The van der Waals surface area contributed by atoms with Crippen LogP contribution in [0.5, 0.6) is 0 Å². The molecule has 0 saturated heterocycles.